The van der Waals surface area contributed by atoms with E-state index in [0.717, 1.165) is 17.6 Å². The van der Waals surface area contributed by atoms with Crippen LogP contribution in [0.3, 0.4) is 0 Å². The molecule has 0 aromatic carbocycles. The molecule has 0 spiro atoms. The molecule has 0 N–H and O–H groups in total. The highest BCUT2D eigenvalue weighted by Crippen LogP contribution is 2.30. The Kier molecular flexibility index (Phi) is 4.54. The fraction of sp³-hybridized carbons (Fsp3) is 1.00. The van der Waals surface area contributed by atoms with Gasteiger partial charge in [0, 0.05) is 19.6 Å². The van der Waals surface area contributed by atoms with Gasteiger partial charge in [0.1, 0.15) is 0 Å². The van der Waals surface area contributed by atoms with Gasteiger partial charge in [-0.25, -0.2) is 0 Å². The van der Waals surface area contributed by atoms with Gasteiger partial charge in [-0.05, 0) is 28.9 Å². The fourth-order valence-electron chi connectivity index (χ4n) is 2.32. The van der Waals surface area contributed by atoms with Gasteiger partial charge in [0.25, 0.3) is 0 Å². The highest BCUT2D eigenvalue weighted by atomic mass is 32.1. The summed E-state index contributed by atoms with van der Waals surface area (Å²) in [5, 5.41) is 0. The third-order valence-electron chi connectivity index (χ3n) is 3.99. The summed E-state index contributed by atoms with van der Waals surface area (Å²) < 4.78 is 0. The van der Waals surface area contributed by atoms with Gasteiger partial charge < -0.3 is 4.90 Å². The molecule has 1 aliphatic rings. The molecule has 0 saturated carbocycles. The summed E-state index contributed by atoms with van der Waals surface area (Å²) in [6.07, 6.45) is 0. The van der Waals surface area contributed by atoms with Crippen molar-refractivity contribution in [2.24, 2.45) is 23.2 Å². The number of thiol groups is 1. The number of hydrogen-bond donors (Lipinski definition) is 1. The number of hydrogen-bond acceptors (Lipinski definition) is 2. The Morgan fingerprint density at radius 1 is 1.20 bits per heavy atom. The molecule has 15 heavy (non-hydrogen) atoms. The van der Waals surface area contributed by atoms with Gasteiger partial charge in [0.05, 0.1) is 0 Å². The second-order valence-electron chi connectivity index (χ2n) is 6.42. The van der Waals surface area contributed by atoms with Gasteiger partial charge in [-0.1, -0.05) is 34.6 Å². The minimum absolute atomic E-state index is 0.386. The highest BCUT2D eigenvalue weighted by molar-refractivity contribution is 7.80. The van der Waals surface area contributed by atoms with Crippen LogP contribution in [0.5, 0.6) is 0 Å². The van der Waals surface area contributed by atoms with Gasteiger partial charge in [0.2, 0.25) is 0 Å². The molecule has 90 valence electrons. The fourth-order valence-corrected chi connectivity index (χ4v) is 2.98. The van der Waals surface area contributed by atoms with Crippen molar-refractivity contribution < 1.29 is 0 Å². The van der Waals surface area contributed by atoms with E-state index in [1.54, 1.807) is 0 Å². The molecule has 0 aromatic heterocycles. The Morgan fingerprint density at radius 2 is 1.67 bits per heavy atom. The number of rotatable bonds is 3. The maximum Gasteiger partial charge on any atom is 0.00227 e. The lowest BCUT2D eigenvalue weighted by Crippen LogP contribution is -2.35. The molecule has 3 unspecified atom stereocenters. The van der Waals surface area contributed by atoms with Crippen molar-refractivity contribution in [2.45, 2.75) is 34.6 Å². The van der Waals surface area contributed by atoms with E-state index in [4.69, 9.17) is 0 Å². The first-order chi connectivity index (χ1) is 6.84. The largest absolute Gasteiger partial charge is 0.302 e. The summed E-state index contributed by atoms with van der Waals surface area (Å²) in [6.45, 7) is 15.5. The predicted molar refractivity (Wildman–Crippen MR) is 71.6 cm³/mol. The van der Waals surface area contributed by atoms with Crippen LogP contribution >= 0.6 is 12.6 Å². The SMILES string of the molecule is CC1CN(CC(CS)C(C)(C)C)CC1C. The molecule has 0 aliphatic carbocycles. The normalized spacial score (nSPS) is 30.8. The van der Waals surface area contributed by atoms with E-state index in [9.17, 15) is 0 Å². The molecule has 1 heterocycles. The minimum atomic E-state index is 0.386. The van der Waals surface area contributed by atoms with Crippen molar-refractivity contribution in [3.8, 4) is 0 Å². The summed E-state index contributed by atoms with van der Waals surface area (Å²) in [4.78, 5) is 2.63. The molecular formula is C13H27NS. The third kappa shape index (κ3) is 3.67. The molecule has 3 atom stereocenters. The van der Waals surface area contributed by atoms with Crippen LogP contribution in [-0.2, 0) is 0 Å². The Bertz CT molecular complexity index is 187. The zero-order valence-electron chi connectivity index (χ0n) is 11.0. The first-order valence-electron chi connectivity index (χ1n) is 6.17. The summed E-state index contributed by atoms with van der Waals surface area (Å²) in [6, 6.07) is 0. The van der Waals surface area contributed by atoms with E-state index in [1.165, 1.54) is 19.6 Å². The minimum Gasteiger partial charge on any atom is -0.302 e. The predicted octanol–water partition coefficient (Wildman–Crippen LogP) is 3.17. The van der Waals surface area contributed by atoms with Crippen molar-refractivity contribution in [3.63, 3.8) is 0 Å². The monoisotopic (exact) mass is 229 g/mol. The van der Waals surface area contributed by atoms with Gasteiger partial charge in [-0.2, -0.15) is 12.6 Å². The topological polar surface area (TPSA) is 3.24 Å². The van der Waals surface area contributed by atoms with E-state index in [-0.39, 0.29) is 0 Å². The Hall–Kier alpha value is 0.310. The number of nitrogens with zero attached hydrogens (tertiary/aromatic N) is 1. The van der Waals surface area contributed by atoms with Crippen molar-refractivity contribution in [2.75, 3.05) is 25.4 Å². The van der Waals surface area contributed by atoms with Crippen LogP contribution in [0, 0.1) is 23.2 Å². The number of likely N-dealkylation sites (tertiary alicyclic amines) is 1. The van der Waals surface area contributed by atoms with Gasteiger partial charge in [0.15, 0.2) is 0 Å². The van der Waals surface area contributed by atoms with Crippen LogP contribution in [0.25, 0.3) is 0 Å². The molecular weight excluding hydrogens is 202 g/mol. The molecule has 0 aromatic rings. The van der Waals surface area contributed by atoms with Crippen LogP contribution in [0.15, 0.2) is 0 Å². The Balaban J connectivity index is 2.47. The van der Waals surface area contributed by atoms with Crippen LogP contribution in [0.4, 0.5) is 0 Å². The van der Waals surface area contributed by atoms with Crippen molar-refractivity contribution in [1.29, 1.82) is 0 Å². The first-order valence-corrected chi connectivity index (χ1v) is 6.81. The van der Waals surface area contributed by atoms with E-state index < -0.39 is 0 Å². The zero-order chi connectivity index (χ0) is 11.6. The molecule has 0 bridgehead atoms. The van der Waals surface area contributed by atoms with Crippen molar-refractivity contribution >= 4 is 12.6 Å². The lowest BCUT2D eigenvalue weighted by atomic mass is 9.81. The Labute approximate surface area is 101 Å². The van der Waals surface area contributed by atoms with Gasteiger partial charge >= 0.3 is 0 Å². The molecule has 1 rings (SSSR count). The first kappa shape index (κ1) is 13.4. The second-order valence-corrected chi connectivity index (χ2v) is 6.78. The third-order valence-corrected chi connectivity index (χ3v) is 4.43. The van der Waals surface area contributed by atoms with Crippen LogP contribution in [0.1, 0.15) is 34.6 Å². The van der Waals surface area contributed by atoms with Gasteiger partial charge in [-0.3, -0.25) is 0 Å². The lowest BCUT2D eigenvalue weighted by molar-refractivity contribution is 0.182. The van der Waals surface area contributed by atoms with Crippen molar-refractivity contribution in [3.05, 3.63) is 0 Å². The quantitative estimate of drug-likeness (QED) is 0.728. The lowest BCUT2D eigenvalue weighted by Gasteiger charge is -2.33. The second kappa shape index (κ2) is 5.09. The molecule has 1 saturated heterocycles. The van der Waals surface area contributed by atoms with Gasteiger partial charge in [-0.15, -0.1) is 0 Å². The molecule has 0 radical (unpaired) electrons. The summed E-state index contributed by atoms with van der Waals surface area (Å²) in [5.74, 6) is 3.44. The molecule has 2 heteroatoms. The van der Waals surface area contributed by atoms with E-state index in [1.807, 2.05) is 0 Å². The molecule has 0 amide bonds. The van der Waals surface area contributed by atoms with E-state index >= 15 is 0 Å². The maximum absolute atomic E-state index is 4.50. The maximum atomic E-state index is 4.50. The molecule has 1 nitrogen and oxygen atoms in total. The van der Waals surface area contributed by atoms with Crippen LogP contribution in [-0.4, -0.2) is 30.3 Å². The van der Waals surface area contributed by atoms with E-state index in [2.05, 4.69) is 52.1 Å². The summed E-state index contributed by atoms with van der Waals surface area (Å²) in [7, 11) is 0. The molecule has 1 fully saturated rings. The van der Waals surface area contributed by atoms with E-state index in [0.29, 0.717) is 11.3 Å². The zero-order valence-corrected chi connectivity index (χ0v) is 11.8. The van der Waals surface area contributed by atoms with Crippen molar-refractivity contribution in [1.82, 2.24) is 4.90 Å². The standard InChI is InChI=1S/C13H27NS/c1-10-6-14(7-11(10)2)8-12(9-15)13(3,4)5/h10-12,15H,6-9H2,1-5H3. The summed E-state index contributed by atoms with van der Waals surface area (Å²) in [5.41, 5.74) is 0.386. The van der Waals surface area contributed by atoms with Crippen LogP contribution < -0.4 is 0 Å². The Morgan fingerprint density at radius 3 is 2.00 bits per heavy atom. The average Bonchev–Trinajstić information content (AvgIpc) is 2.40. The summed E-state index contributed by atoms with van der Waals surface area (Å²) >= 11 is 4.50. The molecule has 1 aliphatic heterocycles. The average molecular weight is 229 g/mol. The highest BCUT2D eigenvalue weighted by Gasteiger charge is 2.31. The smallest absolute Gasteiger partial charge is 0.00227 e. The van der Waals surface area contributed by atoms with Crippen LogP contribution in [0.2, 0.25) is 0 Å².